The number of nitrogens with zero attached hydrogens (tertiary/aromatic N) is 1. The van der Waals surface area contributed by atoms with Crippen molar-refractivity contribution in [1.29, 1.82) is 5.26 Å². The molecule has 4 nitrogen and oxygen atoms in total. The number of rotatable bonds is 7. The van der Waals surface area contributed by atoms with Crippen LogP contribution in [-0.2, 0) is 0 Å². The molecular formula is C11H22N2O2. The third kappa shape index (κ3) is 4.61. The minimum absolute atomic E-state index is 0.0903. The average Bonchev–Trinajstić information content (AvgIpc) is 2.25. The summed E-state index contributed by atoms with van der Waals surface area (Å²) >= 11 is 0. The molecule has 0 aromatic heterocycles. The molecule has 0 heterocycles. The Hall–Kier alpha value is -0.630. The van der Waals surface area contributed by atoms with Crippen LogP contribution in [0, 0.1) is 16.7 Å². The fraction of sp³-hybridized carbons (Fsp3) is 0.909. The van der Waals surface area contributed by atoms with Crippen molar-refractivity contribution in [3.05, 3.63) is 0 Å². The summed E-state index contributed by atoms with van der Waals surface area (Å²) in [6.45, 7) is 6.10. The molecule has 0 aliphatic heterocycles. The molecule has 0 saturated heterocycles. The molecule has 0 aliphatic rings. The van der Waals surface area contributed by atoms with E-state index in [1.165, 1.54) is 0 Å². The summed E-state index contributed by atoms with van der Waals surface area (Å²) in [6, 6.07) is 2.22. The molecule has 0 amide bonds. The van der Waals surface area contributed by atoms with Crippen molar-refractivity contribution < 1.29 is 10.2 Å². The highest BCUT2D eigenvalue weighted by molar-refractivity contribution is 4.93. The Bertz CT molecular complexity index is 209. The zero-order chi connectivity index (χ0) is 11.9. The number of hydrogen-bond donors (Lipinski definition) is 3. The van der Waals surface area contributed by atoms with E-state index < -0.39 is 5.54 Å². The van der Waals surface area contributed by atoms with Crippen LogP contribution in [0.4, 0.5) is 0 Å². The number of aliphatic hydroxyl groups excluding tert-OH is 2. The van der Waals surface area contributed by atoms with Crippen LogP contribution < -0.4 is 5.32 Å². The third-order valence-electron chi connectivity index (χ3n) is 2.83. The number of aliphatic hydroxyl groups is 2. The maximum Gasteiger partial charge on any atom is 0.0684 e. The molecule has 0 aliphatic carbocycles. The smallest absolute Gasteiger partial charge is 0.0684 e. The molecule has 0 saturated carbocycles. The highest BCUT2D eigenvalue weighted by Gasteiger charge is 2.26. The molecule has 3 N–H and O–H groups in total. The fourth-order valence-electron chi connectivity index (χ4n) is 1.21. The van der Waals surface area contributed by atoms with Crippen LogP contribution in [0.25, 0.3) is 0 Å². The summed E-state index contributed by atoms with van der Waals surface area (Å²) in [5.74, 6) is 0. The van der Waals surface area contributed by atoms with Crippen molar-refractivity contribution in [1.82, 2.24) is 5.32 Å². The van der Waals surface area contributed by atoms with E-state index in [1.54, 1.807) is 0 Å². The quantitative estimate of drug-likeness (QED) is 0.581. The topological polar surface area (TPSA) is 76.3 Å². The van der Waals surface area contributed by atoms with Gasteiger partial charge in [-0.15, -0.1) is 0 Å². The molecule has 0 atom stereocenters. The highest BCUT2D eigenvalue weighted by atomic mass is 16.3. The van der Waals surface area contributed by atoms with Gasteiger partial charge in [-0.3, -0.25) is 0 Å². The molecule has 0 aromatic rings. The Morgan fingerprint density at radius 2 is 1.80 bits per heavy atom. The van der Waals surface area contributed by atoms with Crippen molar-refractivity contribution in [3.63, 3.8) is 0 Å². The Labute approximate surface area is 91.9 Å². The predicted octanol–water partition coefficient (Wildman–Crippen LogP) is 0.649. The van der Waals surface area contributed by atoms with Crippen LogP contribution in [0.1, 0.15) is 33.6 Å². The van der Waals surface area contributed by atoms with Crippen LogP contribution in [-0.4, -0.2) is 35.5 Å². The van der Waals surface area contributed by atoms with Gasteiger partial charge in [0.2, 0.25) is 0 Å². The monoisotopic (exact) mass is 214 g/mol. The maximum atomic E-state index is 9.18. The first-order valence-electron chi connectivity index (χ1n) is 5.33. The van der Waals surface area contributed by atoms with E-state index in [4.69, 9.17) is 5.26 Å². The van der Waals surface area contributed by atoms with Crippen molar-refractivity contribution in [3.8, 4) is 6.07 Å². The van der Waals surface area contributed by atoms with Gasteiger partial charge in [-0.25, -0.2) is 0 Å². The Kier molecular flexibility index (Phi) is 5.81. The lowest BCUT2D eigenvalue weighted by Gasteiger charge is -2.31. The highest BCUT2D eigenvalue weighted by Crippen LogP contribution is 2.18. The van der Waals surface area contributed by atoms with Crippen LogP contribution >= 0.6 is 0 Å². The van der Waals surface area contributed by atoms with Crippen LogP contribution in [0.2, 0.25) is 0 Å². The standard InChI is InChI=1S/C11H22N2O2/c1-4-11(8-14,9-15)13-6-5-10(2,3)7-12/h13-15H,4-6,8-9H2,1-3H3. The molecule has 0 bridgehead atoms. The summed E-state index contributed by atoms with van der Waals surface area (Å²) in [7, 11) is 0. The van der Waals surface area contributed by atoms with E-state index in [2.05, 4.69) is 11.4 Å². The summed E-state index contributed by atoms with van der Waals surface area (Å²) in [5.41, 5.74) is -0.969. The minimum Gasteiger partial charge on any atom is -0.394 e. The molecule has 0 spiro atoms. The second-order valence-electron chi connectivity index (χ2n) is 4.62. The Balaban J connectivity index is 4.09. The largest absolute Gasteiger partial charge is 0.394 e. The minimum atomic E-state index is -0.606. The molecule has 0 rings (SSSR count). The van der Waals surface area contributed by atoms with Gasteiger partial charge in [-0.05, 0) is 33.2 Å². The van der Waals surface area contributed by atoms with Crippen molar-refractivity contribution in [2.24, 2.45) is 5.41 Å². The van der Waals surface area contributed by atoms with Gasteiger partial charge in [0.25, 0.3) is 0 Å². The van der Waals surface area contributed by atoms with Gasteiger partial charge >= 0.3 is 0 Å². The summed E-state index contributed by atoms with van der Waals surface area (Å²) in [6.07, 6.45) is 1.36. The molecular weight excluding hydrogens is 192 g/mol. The second-order valence-corrected chi connectivity index (χ2v) is 4.62. The van der Waals surface area contributed by atoms with E-state index in [9.17, 15) is 10.2 Å². The molecule has 0 fully saturated rings. The molecule has 4 heteroatoms. The van der Waals surface area contributed by atoms with Gasteiger partial charge in [0.1, 0.15) is 0 Å². The number of nitriles is 1. The third-order valence-corrected chi connectivity index (χ3v) is 2.83. The van der Waals surface area contributed by atoms with Gasteiger partial charge in [-0.2, -0.15) is 5.26 Å². The number of nitrogens with one attached hydrogen (secondary N) is 1. The van der Waals surface area contributed by atoms with Gasteiger partial charge in [0.15, 0.2) is 0 Å². The van der Waals surface area contributed by atoms with Gasteiger partial charge in [0.05, 0.1) is 30.2 Å². The van der Waals surface area contributed by atoms with Crippen LogP contribution in [0.3, 0.4) is 0 Å². The molecule has 0 radical (unpaired) electrons. The zero-order valence-electron chi connectivity index (χ0n) is 9.88. The van der Waals surface area contributed by atoms with E-state index >= 15 is 0 Å². The Morgan fingerprint density at radius 1 is 1.27 bits per heavy atom. The van der Waals surface area contributed by atoms with Crippen LogP contribution in [0.5, 0.6) is 0 Å². The van der Waals surface area contributed by atoms with Crippen molar-refractivity contribution in [2.45, 2.75) is 39.2 Å². The van der Waals surface area contributed by atoms with Gasteiger partial charge in [0, 0.05) is 0 Å². The van der Waals surface area contributed by atoms with Gasteiger partial charge in [-0.1, -0.05) is 6.92 Å². The molecule has 15 heavy (non-hydrogen) atoms. The van der Waals surface area contributed by atoms with Crippen molar-refractivity contribution in [2.75, 3.05) is 19.8 Å². The van der Waals surface area contributed by atoms with E-state index in [1.807, 2.05) is 20.8 Å². The van der Waals surface area contributed by atoms with E-state index in [-0.39, 0.29) is 18.6 Å². The summed E-state index contributed by atoms with van der Waals surface area (Å²) in [4.78, 5) is 0. The predicted molar refractivity (Wildman–Crippen MR) is 59.2 cm³/mol. The maximum absolute atomic E-state index is 9.18. The normalized spacial score (nSPS) is 12.5. The first-order chi connectivity index (χ1) is 6.95. The number of hydrogen-bond acceptors (Lipinski definition) is 4. The first kappa shape index (κ1) is 14.4. The van der Waals surface area contributed by atoms with Gasteiger partial charge < -0.3 is 15.5 Å². The average molecular weight is 214 g/mol. The Morgan fingerprint density at radius 3 is 2.13 bits per heavy atom. The van der Waals surface area contributed by atoms with E-state index in [0.29, 0.717) is 19.4 Å². The lowest BCUT2D eigenvalue weighted by Crippen LogP contribution is -2.52. The van der Waals surface area contributed by atoms with E-state index in [0.717, 1.165) is 0 Å². The SMILES string of the molecule is CCC(CO)(CO)NCCC(C)(C)C#N. The fourth-order valence-corrected chi connectivity index (χ4v) is 1.21. The zero-order valence-corrected chi connectivity index (χ0v) is 9.88. The van der Waals surface area contributed by atoms with Crippen LogP contribution in [0.15, 0.2) is 0 Å². The molecule has 0 unspecified atom stereocenters. The lowest BCUT2D eigenvalue weighted by molar-refractivity contribution is 0.0860. The lowest BCUT2D eigenvalue weighted by atomic mass is 9.90. The summed E-state index contributed by atoms with van der Waals surface area (Å²) in [5, 5.41) is 30.3. The first-order valence-corrected chi connectivity index (χ1v) is 5.33. The molecule has 0 aromatic carbocycles. The second kappa shape index (κ2) is 6.06. The molecule has 88 valence electrons. The van der Waals surface area contributed by atoms with Crippen molar-refractivity contribution >= 4 is 0 Å². The summed E-state index contributed by atoms with van der Waals surface area (Å²) < 4.78 is 0.